The van der Waals surface area contributed by atoms with Crippen LogP contribution in [0.25, 0.3) is 0 Å². The Hall–Kier alpha value is -1.30. The highest BCUT2D eigenvalue weighted by Gasteiger charge is 2.35. The number of amides is 1. The van der Waals surface area contributed by atoms with Crippen molar-refractivity contribution in [3.05, 3.63) is 29.3 Å². The van der Waals surface area contributed by atoms with Crippen LogP contribution in [-0.4, -0.2) is 31.8 Å². The lowest BCUT2D eigenvalue weighted by molar-refractivity contribution is -0.129. The van der Waals surface area contributed by atoms with Crippen LogP contribution in [0, 0.1) is 6.92 Å². The van der Waals surface area contributed by atoms with Crippen LogP contribution in [0.5, 0.6) is 5.75 Å². The SMILES string of the molecule is COc1cc(CNC(=O)C2(N)CCOCC2)ccc1C.Cl. The van der Waals surface area contributed by atoms with Crippen molar-refractivity contribution in [2.45, 2.75) is 31.8 Å². The number of carbonyl (C=O) groups is 1. The van der Waals surface area contributed by atoms with Gasteiger partial charge in [-0.2, -0.15) is 0 Å². The molecule has 5 nitrogen and oxygen atoms in total. The lowest BCUT2D eigenvalue weighted by Crippen LogP contribution is -2.56. The predicted octanol–water partition coefficient (Wildman–Crippen LogP) is 1.55. The van der Waals surface area contributed by atoms with E-state index in [1.54, 1.807) is 7.11 Å². The van der Waals surface area contributed by atoms with Gasteiger partial charge in [-0.05, 0) is 37.0 Å². The molecule has 21 heavy (non-hydrogen) atoms. The van der Waals surface area contributed by atoms with E-state index in [2.05, 4.69) is 5.32 Å². The quantitative estimate of drug-likeness (QED) is 0.884. The smallest absolute Gasteiger partial charge is 0.240 e. The van der Waals surface area contributed by atoms with Crippen LogP contribution >= 0.6 is 12.4 Å². The van der Waals surface area contributed by atoms with E-state index in [1.807, 2.05) is 25.1 Å². The molecule has 0 aliphatic carbocycles. The van der Waals surface area contributed by atoms with Gasteiger partial charge in [0.15, 0.2) is 0 Å². The summed E-state index contributed by atoms with van der Waals surface area (Å²) in [5.41, 5.74) is 7.40. The van der Waals surface area contributed by atoms with E-state index in [9.17, 15) is 4.79 Å². The summed E-state index contributed by atoms with van der Waals surface area (Å²) in [6.07, 6.45) is 1.13. The number of hydrogen-bond donors (Lipinski definition) is 2. The lowest BCUT2D eigenvalue weighted by Gasteiger charge is -2.31. The van der Waals surface area contributed by atoms with Gasteiger partial charge in [-0.15, -0.1) is 12.4 Å². The number of methoxy groups -OCH3 is 1. The first kappa shape index (κ1) is 17.8. The van der Waals surface area contributed by atoms with Gasteiger partial charge in [-0.25, -0.2) is 0 Å². The molecule has 0 saturated carbocycles. The molecular formula is C15H23ClN2O3. The fraction of sp³-hybridized carbons (Fsp3) is 0.533. The second kappa shape index (κ2) is 7.64. The van der Waals surface area contributed by atoms with Gasteiger partial charge in [0.05, 0.1) is 12.6 Å². The monoisotopic (exact) mass is 314 g/mol. The number of benzene rings is 1. The summed E-state index contributed by atoms with van der Waals surface area (Å²) < 4.78 is 10.5. The minimum absolute atomic E-state index is 0. The zero-order valence-electron chi connectivity index (χ0n) is 12.5. The van der Waals surface area contributed by atoms with Crippen LogP contribution in [0.1, 0.15) is 24.0 Å². The molecule has 0 unspecified atom stereocenters. The Morgan fingerprint density at radius 2 is 2.10 bits per heavy atom. The first-order valence-corrected chi connectivity index (χ1v) is 6.83. The molecule has 1 heterocycles. The third-order valence-corrected chi connectivity index (χ3v) is 3.76. The van der Waals surface area contributed by atoms with E-state index in [1.165, 1.54) is 0 Å². The molecule has 1 amide bonds. The van der Waals surface area contributed by atoms with Gasteiger partial charge in [0.1, 0.15) is 5.75 Å². The van der Waals surface area contributed by atoms with E-state index >= 15 is 0 Å². The Morgan fingerprint density at radius 3 is 2.71 bits per heavy atom. The molecule has 0 aromatic heterocycles. The van der Waals surface area contributed by atoms with Crippen molar-refractivity contribution >= 4 is 18.3 Å². The Bertz CT molecular complexity index is 488. The third-order valence-electron chi connectivity index (χ3n) is 3.76. The van der Waals surface area contributed by atoms with Crippen molar-refractivity contribution in [1.82, 2.24) is 5.32 Å². The average Bonchev–Trinajstić information content (AvgIpc) is 2.46. The van der Waals surface area contributed by atoms with Gasteiger partial charge in [0.2, 0.25) is 5.91 Å². The molecule has 118 valence electrons. The van der Waals surface area contributed by atoms with Crippen molar-refractivity contribution < 1.29 is 14.3 Å². The number of hydrogen-bond acceptors (Lipinski definition) is 4. The maximum absolute atomic E-state index is 12.2. The number of nitrogens with one attached hydrogen (secondary N) is 1. The summed E-state index contributed by atoms with van der Waals surface area (Å²) in [6, 6.07) is 5.89. The summed E-state index contributed by atoms with van der Waals surface area (Å²) in [5.74, 6) is 0.714. The molecule has 3 N–H and O–H groups in total. The summed E-state index contributed by atoms with van der Waals surface area (Å²) in [6.45, 7) is 3.53. The van der Waals surface area contributed by atoms with Crippen molar-refractivity contribution in [3.63, 3.8) is 0 Å². The van der Waals surface area contributed by atoms with Crippen molar-refractivity contribution in [2.75, 3.05) is 20.3 Å². The molecule has 0 atom stereocenters. The third kappa shape index (κ3) is 4.33. The Morgan fingerprint density at radius 1 is 1.43 bits per heavy atom. The predicted molar refractivity (Wildman–Crippen MR) is 83.8 cm³/mol. The average molecular weight is 315 g/mol. The van der Waals surface area contributed by atoms with Crippen molar-refractivity contribution in [1.29, 1.82) is 0 Å². The van der Waals surface area contributed by atoms with Gasteiger partial charge in [0, 0.05) is 19.8 Å². The zero-order chi connectivity index (χ0) is 14.6. The molecule has 2 rings (SSSR count). The number of halogens is 1. The standard InChI is InChI=1S/C15H22N2O3.ClH/c1-11-3-4-12(9-13(11)19-2)10-17-14(18)15(16)5-7-20-8-6-15;/h3-4,9H,5-8,10,16H2,1-2H3,(H,17,18);1H. The van der Waals surface area contributed by atoms with E-state index in [0.717, 1.165) is 16.9 Å². The van der Waals surface area contributed by atoms with Gasteiger partial charge < -0.3 is 20.5 Å². The first-order chi connectivity index (χ1) is 9.55. The minimum atomic E-state index is -0.799. The summed E-state index contributed by atoms with van der Waals surface area (Å²) in [4.78, 5) is 12.2. The van der Waals surface area contributed by atoms with Crippen molar-refractivity contribution in [3.8, 4) is 5.75 Å². The van der Waals surface area contributed by atoms with Crippen LogP contribution in [0.4, 0.5) is 0 Å². The van der Waals surface area contributed by atoms with Crippen LogP contribution in [-0.2, 0) is 16.1 Å². The van der Waals surface area contributed by atoms with Gasteiger partial charge in [0.25, 0.3) is 0 Å². The molecule has 6 heteroatoms. The molecule has 0 spiro atoms. The molecule has 1 aliphatic heterocycles. The molecule has 1 saturated heterocycles. The highest BCUT2D eigenvalue weighted by atomic mass is 35.5. The van der Waals surface area contributed by atoms with Crippen LogP contribution in [0.3, 0.4) is 0 Å². The summed E-state index contributed by atoms with van der Waals surface area (Å²) >= 11 is 0. The fourth-order valence-electron chi connectivity index (χ4n) is 2.30. The Labute approximate surface area is 131 Å². The molecule has 1 fully saturated rings. The number of rotatable bonds is 4. The molecule has 1 aromatic carbocycles. The molecule has 1 aliphatic rings. The highest BCUT2D eigenvalue weighted by molar-refractivity contribution is 5.86. The van der Waals surface area contributed by atoms with E-state index in [-0.39, 0.29) is 18.3 Å². The second-order valence-electron chi connectivity index (χ2n) is 5.26. The Kier molecular flexibility index (Phi) is 6.45. The molecule has 0 bridgehead atoms. The fourth-order valence-corrected chi connectivity index (χ4v) is 2.30. The van der Waals surface area contributed by atoms with Crippen molar-refractivity contribution in [2.24, 2.45) is 5.73 Å². The van der Waals surface area contributed by atoms with E-state index < -0.39 is 5.54 Å². The minimum Gasteiger partial charge on any atom is -0.496 e. The number of aryl methyl sites for hydroxylation is 1. The first-order valence-electron chi connectivity index (χ1n) is 6.83. The number of nitrogens with two attached hydrogens (primary N) is 1. The van der Waals surface area contributed by atoms with Crippen LogP contribution < -0.4 is 15.8 Å². The number of ether oxygens (including phenoxy) is 2. The van der Waals surface area contributed by atoms with Gasteiger partial charge in [-0.3, -0.25) is 4.79 Å². The second-order valence-corrected chi connectivity index (χ2v) is 5.26. The summed E-state index contributed by atoms with van der Waals surface area (Å²) in [5, 5.41) is 2.90. The van der Waals surface area contributed by atoms with Gasteiger partial charge in [-0.1, -0.05) is 12.1 Å². The van der Waals surface area contributed by atoms with E-state index in [4.69, 9.17) is 15.2 Å². The topological polar surface area (TPSA) is 73.6 Å². The van der Waals surface area contributed by atoms with Gasteiger partial charge >= 0.3 is 0 Å². The highest BCUT2D eigenvalue weighted by Crippen LogP contribution is 2.20. The maximum atomic E-state index is 12.2. The largest absolute Gasteiger partial charge is 0.496 e. The van der Waals surface area contributed by atoms with Crippen LogP contribution in [0.15, 0.2) is 18.2 Å². The number of carbonyl (C=O) groups excluding carboxylic acids is 1. The molecule has 0 radical (unpaired) electrons. The molecule has 1 aromatic rings. The molecular weight excluding hydrogens is 292 g/mol. The zero-order valence-corrected chi connectivity index (χ0v) is 13.3. The van der Waals surface area contributed by atoms with Crippen LogP contribution in [0.2, 0.25) is 0 Å². The normalized spacial score (nSPS) is 16.7. The van der Waals surface area contributed by atoms with E-state index in [0.29, 0.717) is 32.6 Å². The maximum Gasteiger partial charge on any atom is 0.240 e. The Balaban J connectivity index is 0.00000220. The summed E-state index contributed by atoms with van der Waals surface area (Å²) in [7, 11) is 1.64. The lowest BCUT2D eigenvalue weighted by atomic mass is 9.90.